The first-order chi connectivity index (χ1) is 12.8. The molecule has 0 aliphatic carbocycles. The van der Waals surface area contributed by atoms with Gasteiger partial charge in [0.1, 0.15) is 5.69 Å². The molecule has 3 heterocycles. The maximum absolute atomic E-state index is 11.5. The molecule has 4 aromatic rings. The highest BCUT2D eigenvalue weighted by Crippen LogP contribution is 2.28. The normalized spacial score (nSPS) is 12.8. The van der Waals surface area contributed by atoms with Crippen molar-refractivity contribution in [2.24, 2.45) is 0 Å². The molecule has 126 valence electrons. The molecule has 7 nitrogen and oxygen atoms in total. The van der Waals surface area contributed by atoms with E-state index in [0.29, 0.717) is 18.0 Å². The summed E-state index contributed by atoms with van der Waals surface area (Å²) < 4.78 is 1.70. The van der Waals surface area contributed by atoms with Crippen molar-refractivity contribution in [3.8, 4) is 11.3 Å². The average molecular weight is 342 g/mol. The van der Waals surface area contributed by atoms with Gasteiger partial charge in [-0.15, -0.1) is 5.10 Å². The molecule has 0 bridgehead atoms. The molecule has 0 spiro atoms. The lowest BCUT2D eigenvalue weighted by molar-refractivity contribution is -0.115. The Balaban J connectivity index is 1.51. The number of hydrogen-bond acceptors (Lipinski definition) is 5. The van der Waals surface area contributed by atoms with Crippen LogP contribution in [-0.2, 0) is 11.2 Å². The highest BCUT2D eigenvalue weighted by Gasteiger charge is 2.18. The van der Waals surface area contributed by atoms with Crippen LogP contribution in [-0.4, -0.2) is 25.5 Å². The first-order valence-electron chi connectivity index (χ1n) is 8.23. The molecule has 5 rings (SSSR count). The quantitative estimate of drug-likeness (QED) is 0.598. The molecular formula is C19H14N6O. The summed E-state index contributed by atoms with van der Waals surface area (Å²) in [5.74, 6) is 0.494. The maximum Gasteiger partial charge on any atom is 0.247 e. The summed E-state index contributed by atoms with van der Waals surface area (Å²) in [6.45, 7) is 0. The number of carbonyl (C=O) groups excluding carboxylic acids is 1. The molecule has 1 aliphatic heterocycles. The van der Waals surface area contributed by atoms with Crippen LogP contribution in [0.4, 0.5) is 17.3 Å². The van der Waals surface area contributed by atoms with E-state index in [1.165, 1.54) is 0 Å². The van der Waals surface area contributed by atoms with Crippen LogP contribution in [0.2, 0.25) is 0 Å². The van der Waals surface area contributed by atoms with E-state index in [1.807, 2.05) is 48.5 Å². The van der Waals surface area contributed by atoms with Crippen LogP contribution in [0.5, 0.6) is 0 Å². The largest absolute Gasteiger partial charge is 0.326 e. The molecular weight excluding hydrogens is 328 g/mol. The van der Waals surface area contributed by atoms with Crippen molar-refractivity contribution in [2.45, 2.75) is 6.42 Å². The third-order valence-corrected chi connectivity index (χ3v) is 4.29. The summed E-state index contributed by atoms with van der Waals surface area (Å²) >= 11 is 0. The molecule has 26 heavy (non-hydrogen) atoms. The first kappa shape index (κ1) is 14.6. The van der Waals surface area contributed by atoms with Gasteiger partial charge >= 0.3 is 0 Å². The highest BCUT2D eigenvalue weighted by atomic mass is 16.1. The Labute approximate surface area is 148 Å². The van der Waals surface area contributed by atoms with Gasteiger partial charge in [0.05, 0.1) is 6.42 Å². The van der Waals surface area contributed by atoms with E-state index < -0.39 is 0 Å². The molecule has 7 heteroatoms. The van der Waals surface area contributed by atoms with Gasteiger partial charge in [-0.25, -0.2) is 4.52 Å². The van der Waals surface area contributed by atoms with Gasteiger partial charge in [-0.2, -0.15) is 4.98 Å². The number of amides is 1. The number of fused-ring (bicyclic) bond motifs is 2. The number of aromatic nitrogens is 4. The molecule has 2 aromatic carbocycles. The van der Waals surface area contributed by atoms with E-state index in [-0.39, 0.29) is 5.91 Å². The summed E-state index contributed by atoms with van der Waals surface area (Å²) in [4.78, 5) is 20.5. The minimum atomic E-state index is 0.0154. The second kappa shape index (κ2) is 5.66. The van der Waals surface area contributed by atoms with E-state index in [4.69, 9.17) is 0 Å². The topological polar surface area (TPSA) is 84.2 Å². The molecule has 0 radical (unpaired) electrons. The van der Waals surface area contributed by atoms with Gasteiger partial charge in [0.15, 0.2) is 5.65 Å². The standard InChI is InChI=1S/C19H14N6O/c26-16-11-13-10-14(6-7-15(13)22-16)21-19-23-18-17(12-4-2-1-3-5-12)20-8-9-25(18)24-19/h1-10H,11H2,(H,21,24)(H,22,26). The maximum atomic E-state index is 11.5. The zero-order valence-electron chi connectivity index (χ0n) is 13.7. The number of nitrogens with zero attached hydrogens (tertiary/aromatic N) is 4. The van der Waals surface area contributed by atoms with E-state index in [1.54, 1.807) is 16.9 Å². The first-order valence-corrected chi connectivity index (χ1v) is 8.23. The van der Waals surface area contributed by atoms with Crippen LogP contribution in [0.3, 0.4) is 0 Å². The Hall–Kier alpha value is -3.74. The molecule has 1 aliphatic rings. The van der Waals surface area contributed by atoms with Crippen LogP contribution in [0, 0.1) is 0 Å². The van der Waals surface area contributed by atoms with Crippen molar-refractivity contribution in [2.75, 3.05) is 10.6 Å². The van der Waals surface area contributed by atoms with Gasteiger partial charge in [-0.3, -0.25) is 9.78 Å². The van der Waals surface area contributed by atoms with Crippen LogP contribution >= 0.6 is 0 Å². The van der Waals surface area contributed by atoms with Gasteiger partial charge in [-0.1, -0.05) is 30.3 Å². The van der Waals surface area contributed by atoms with Gasteiger partial charge in [-0.05, 0) is 23.8 Å². The Morgan fingerprint density at radius 1 is 1.12 bits per heavy atom. The SMILES string of the molecule is O=C1Cc2cc(Nc3nc4c(-c5ccccc5)nccn4n3)ccc2N1. The number of benzene rings is 2. The monoisotopic (exact) mass is 342 g/mol. The Morgan fingerprint density at radius 2 is 2.00 bits per heavy atom. The lowest BCUT2D eigenvalue weighted by Crippen LogP contribution is -2.03. The predicted octanol–water partition coefficient (Wildman–Crippen LogP) is 3.03. The molecule has 0 fully saturated rings. The van der Waals surface area contributed by atoms with Gasteiger partial charge < -0.3 is 10.6 Å². The van der Waals surface area contributed by atoms with Crippen LogP contribution in [0.15, 0.2) is 60.9 Å². The second-order valence-corrected chi connectivity index (χ2v) is 6.07. The summed E-state index contributed by atoms with van der Waals surface area (Å²) in [5, 5.41) is 10.5. The molecule has 0 atom stereocenters. The smallest absolute Gasteiger partial charge is 0.247 e. The number of hydrogen-bond donors (Lipinski definition) is 2. The van der Waals surface area contributed by atoms with E-state index in [0.717, 1.165) is 28.2 Å². The number of carbonyl (C=O) groups is 1. The van der Waals surface area contributed by atoms with Crippen molar-refractivity contribution in [1.29, 1.82) is 0 Å². The second-order valence-electron chi connectivity index (χ2n) is 6.07. The summed E-state index contributed by atoms with van der Waals surface area (Å²) in [6, 6.07) is 15.6. The predicted molar refractivity (Wildman–Crippen MR) is 98.3 cm³/mol. The fraction of sp³-hybridized carbons (Fsp3) is 0.0526. The zero-order valence-corrected chi connectivity index (χ0v) is 13.7. The van der Waals surface area contributed by atoms with E-state index >= 15 is 0 Å². The van der Waals surface area contributed by atoms with Crippen LogP contribution in [0.1, 0.15) is 5.56 Å². The highest BCUT2D eigenvalue weighted by molar-refractivity contribution is 5.99. The summed E-state index contributed by atoms with van der Waals surface area (Å²) in [7, 11) is 0. The van der Waals surface area contributed by atoms with Crippen molar-refractivity contribution in [3.63, 3.8) is 0 Å². The molecule has 2 aromatic heterocycles. The van der Waals surface area contributed by atoms with Crippen LogP contribution < -0.4 is 10.6 Å². The lowest BCUT2D eigenvalue weighted by Gasteiger charge is -2.04. The minimum absolute atomic E-state index is 0.0154. The number of anilines is 3. The van der Waals surface area contributed by atoms with Crippen molar-refractivity contribution in [3.05, 3.63) is 66.5 Å². The molecule has 2 N–H and O–H groups in total. The number of rotatable bonds is 3. The minimum Gasteiger partial charge on any atom is -0.326 e. The fourth-order valence-electron chi connectivity index (χ4n) is 3.11. The van der Waals surface area contributed by atoms with Crippen molar-refractivity contribution < 1.29 is 4.79 Å². The number of nitrogens with one attached hydrogen (secondary N) is 2. The summed E-state index contributed by atoms with van der Waals surface area (Å²) in [5.41, 5.74) is 5.11. The third-order valence-electron chi connectivity index (χ3n) is 4.29. The van der Waals surface area contributed by atoms with E-state index in [9.17, 15) is 4.79 Å². The van der Waals surface area contributed by atoms with Crippen LogP contribution in [0.25, 0.3) is 16.9 Å². The molecule has 0 saturated carbocycles. The lowest BCUT2D eigenvalue weighted by atomic mass is 10.1. The Morgan fingerprint density at radius 3 is 2.88 bits per heavy atom. The van der Waals surface area contributed by atoms with E-state index in [2.05, 4.69) is 25.7 Å². The zero-order chi connectivity index (χ0) is 17.5. The molecule has 1 amide bonds. The van der Waals surface area contributed by atoms with Crippen molar-refractivity contribution >= 4 is 28.9 Å². The fourth-order valence-corrected chi connectivity index (χ4v) is 3.11. The van der Waals surface area contributed by atoms with Crippen molar-refractivity contribution in [1.82, 2.24) is 19.6 Å². The Bertz CT molecular complexity index is 1140. The molecule has 0 unspecified atom stereocenters. The van der Waals surface area contributed by atoms with Gasteiger partial charge in [0.2, 0.25) is 11.9 Å². The van der Waals surface area contributed by atoms with Gasteiger partial charge in [0, 0.05) is 29.3 Å². The molecule has 0 saturated heterocycles. The third kappa shape index (κ3) is 2.46. The summed E-state index contributed by atoms with van der Waals surface area (Å²) in [6.07, 6.45) is 3.87. The average Bonchev–Trinajstić information content (AvgIpc) is 3.23. The van der Waals surface area contributed by atoms with Gasteiger partial charge in [0.25, 0.3) is 0 Å². The Kier molecular flexibility index (Phi) is 3.18.